The van der Waals surface area contributed by atoms with E-state index >= 15 is 0 Å². The van der Waals surface area contributed by atoms with E-state index in [9.17, 15) is 0 Å². The van der Waals surface area contributed by atoms with E-state index in [0.29, 0.717) is 26.4 Å². The molecule has 0 aromatic carbocycles. The van der Waals surface area contributed by atoms with E-state index < -0.39 is 0 Å². The fourth-order valence-electron chi connectivity index (χ4n) is 0.777. The molecule has 0 aliphatic heterocycles. The van der Waals surface area contributed by atoms with E-state index in [2.05, 4.69) is 0 Å². The summed E-state index contributed by atoms with van der Waals surface area (Å²) in [5.41, 5.74) is 5.50. The second-order valence-electron chi connectivity index (χ2n) is 3.01. The molecule has 0 saturated heterocycles. The van der Waals surface area contributed by atoms with Crippen LogP contribution in [0.3, 0.4) is 0 Å². The second kappa shape index (κ2) is 9.92. The van der Waals surface area contributed by atoms with Crippen molar-refractivity contribution in [3.05, 3.63) is 0 Å². The van der Waals surface area contributed by atoms with Crippen LogP contribution in [-0.4, -0.2) is 46.2 Å². The van der Waals surface area contributed by atoms with Crippen molar-refractivity contribution in [2.24, 2.45) is 5.73 Å². The lowest BCUT2D eigenvalue weighted by molar-refractivity contribution is 0.0498. The summed E-state index contributed by atoms with van der Waals surface area (Å²) in [4.78, 5) is 0. The van der Waals surface area contributed by atoms with Gasteiger partial charge in [-0.25, -0.2) is 0 Å². The number of hydrogen-bond donors (Lipinski definition) is 1. The van der Waals surface area contributed by atoms with Crippen LogP contribution in [0.5, 0.6) is 0 Å². The molecule has 0 heterocycles. The molecule has 80 valence electrons. The molecule has 13 heavy (non-hydrogen) atoms. The quantitative estimate of drug-likeness (QED) is 0.536. The van der Waals surface area contributed by atoms with E-state index in [1.165, 1.54) is 0 Å². The first kappa shape index (κ1) is 12.8. The largest absolute Gasteiger partial charge is 0.382 e. The van der Waals surface area contributed by atoms with Gasteiger partial charge in [0.05, 0.1) is 19.8 Å². The Labute approximate surface area is 80.3 Å². The third-order valence-electron chi connectivity index (χ3n) is 1.39. The van der Waals surface area contributed by atoms with Crippen LogP contribution in [0.4, 0.5) is 0 Å². The summed E-state index contributed by atoms with van der Waals surface area (Å²) >= 11 is 0. The first-order valence-corrected chi connectivity index (χ1v) is 4.67. The molecule has 0 aromatic heterocycles. The number of hydrogen-bond acceptors (Lipinski definition) is 4. The summed E-state index contributed by atoms with van der Waals surface area (Å²) in [5, 5.41) is 0. The Kier molecular flexibility index (Phi) is 9.80. The van der Waals surface area contributed by atoms with Gasteiger partial charge in [0.15, 0.2) is 0 Å². The van der Waals surface area contributed by atoms with Crippen molar-refractivity contribution in [2.75, 3.05) is 40.1 Å². The molecule has 2 N–H and O–H groups in total. The van der Waals surface area contributed by atoms with Crippen LogP contribution in [-0.2, 0) is 14.2 Å². The second-order valence-corrected chi connectivity index (χ2v) is 3.01. The molecule has 0 aromatic rings. The maximum atomic E-state index is 5.50. The van der Waals surface area contributed by atoms with Gasteiger partial charge >= 0.3 is 0 Å². The SMILES string of the molecule is COCCOCCCOC[C@H](C)N. The van der Waals surface area contributed by atoms with Crippen LogP contribution in [0.1, 0.15) is 13.3 Å². The van der Waals surface area contributed by atoms with Crippen LogP contribution in [0.15, 0.2) is 0 Å². The predicted octanol–water partition coefficient (Wildman–Crippen LogP) is 0.403. The van der Waals surface area contributed by atoms with E-state index in [1.807, 2.05) is 6.92 Å². The van der Waals surface area contributed by atoms with Gasteiger partial charge < -0.3 is 19.9 Å². The fourth-order valence-corrected chi connectivity index (χ4v) is 0.777. The zero-order chi connectivity index (χ0) is 9.94. The molecule has 0 bridgehead atoms. The Bertz CT molecular complexity index is 98.9. The van der Waals surface area contributed by atoms with Crippen LogP contribution in [0, 0.1) is 0 Å². The van der Waals surface area contributed by atoms with Crippen molar-refractivity contribution in [3.8, 4) is 0 Å². The first-order valence-electron chi connectivity index (χ1n) is 4.67. The fraction of sp³-hybridized carbons (Fsp3) is 1.00. The maximum Gasteiger partial charge on any atom is 0.0700 e. The van der Waals surface area contributed by atoms with Crippen LogP contribution < -0.4 is 5.73 Å². The Morgan fingerprint density at radius 2 is 1.77 bits per heavy atom. The lowest BCUT2D eigenvalue weighted by Crippen LogP contribution is -2.22. The third kappa shape index (κ3) is 11.8. The van der Waals surface area contributed by atoms with Gasteiger partial charge in [-0.2, -0.15) is 0 Å². The monoisotopic (exact) mass is 191 g/mol. The molecule has 0 saturated carbocycles. The highest BCUT2D eigenvalue weighted by molar-refractivity contribution is 4.48. The highest BCUT2D eigenvalue weighted by Crippen LogP contribution is 1.86. The molecule has 1 atom stereocenters. The normalized spacial score (nSPS) is 13.2. The molecular formula is C9H21NO3. The summed E-state index contributed by atoms with van der Waals surface area (Å²) in [5.74, 6) is 0. The summed E-state index contributed by atoms with van der Waals surface area (Å²) in [6.45, 7) is 5.30. The zero-order valence-electron chi connectivity index (χ0n) is 8.62. The average Bonchev–Trinajstić information content (AvgIpc) is 2.09. The minimum atomic E-state index is 0.120. The molecule has 0 rings (SSSR count). The van der Waals surface area contributed by atoms with Gasteiger partial charge in [0, 0.05) is 26.4 Å². The molecule has 4 nitrogen and oxygen atoms in total. The molecule has 0 amide bonds. The van der Waals surface area contributed by atoms with Crippen molar-refractivity contribution in [1.82, 2.24) is 0 Å². The van der Waals surface area contributed by atoms with Gasteiger partial charge in [-0.15, -0.1) is 0 Å². The van der Waals surface area contributed by atoms with Crippen LogP contribution >= 0.6 is 0 Å². The number of methoxy groups -OCH3 is 1. The van der Waals surface area contributed by atoms with Gasteiger partial charge in [-0.05, 0) is 13.3 Å². The van der Waals surface area contributed by atoms with Crippen molar-refractivity contribution < 1.29 is 14.2 Å². The van der Waals surface area contributed by atoms with Gasteiger partial charge in [-0.1, -0.05) is 0 Å². The maximum absolute atomic E-state index is 5.50. The standard InChI is InChI=1S/C9H21NO3/c1-9(10)8-13-5-3-4-12-7-6-11-2/h9H,3-8,10H2,1-2H3/t9-/m0/s1. The zero-order valence-corrected chi connectivity index (χ0v) is 8.62. The van der Waals surface area contributed by atoms with Gasteiger partial charge in [0.25, 0.3) is 0 Å². The summed E-state index contributed by atoms with van der Waals surface area (Å²) in [6.07, 6.45) is 0.913. The van der Waals surface area contributed by atoms with Crippen molar-refractivity contribution in [2.45, 2.75) is 19.4 Å². The summed E-state index contributed by atoms with van der Waals surface area (Å²) in [6, 6.07) is 0.120. The Hall–Kier alpha value is -0.160. The lowest BCUT2D eigenvalue weighted by atomic mass is 10.4. The highest BCUT2D eigenvalue weighted by atomic mass is 16.5. The highest BCUT2D eigenvalue weighted by Gasteiger charge is 1.93. The smallest absolute Gasteiger partial charge is 0.0700 e. The molecular weight excluding hydrogens is 170 g/mol. The Morgan fingerprint density at radius 1 is 1.08 bits per heavy atom. The molecule has 0 aliphatic carbocycles. The average molecular weight is 191 g/mol. The number of nitrogens with two attached hydrogens (primary N) is 1. The van der Waals surface area contributed by atoms with Gasteiger partial charge in [-0.3, -0.25) is 0 Å². The topological polar surface area (TPSA) is 53.7 Å². The number of ether oxygens (including phenoxy) is 3. The minimum absolute atomic E-state index is 0.120. The van der Waals surface area contributed by atoms with Crippen molar-refractivity contribution in [3.63, 3.8) is 0 Å². The summed E-state index contributed by atoms with van der Waals surface area (Å²) < 4.78 is 15.3. The molecule has 0 spiro atoms. The van der Waals surface area contributed by atoms with Gasteiger partial charge in [0.2, 0.25) is 0 Å². The third-order valence-corrected chi connectivity index (χ3v) is 1.39. The molecule has 4 heteroatoms. The van der Waals surface area contributed by atoms with E-state index in [1.54, 1.807) is 7.11 Å². The molecule has 0 radical (unpaired) electrons. The summed E-state index contributed by atoms with van der Waals surface area (Å²) in [7, 11) is 1.66. The molecule has 0 aliphatic rings. The van der Waals surface area contributed by atoms with Crippen LogP contribution in [0.2, 0.25) is 0 Å². The van der Waals surface area contributed by atoms with E-state index in [0.717, 1.165) is 13.0 Å². The minimum Gasteiger partial charge on any atom is -0.382 e. The van der Waals surface area contributed by atoms with E-state index in [4.69, 9.17) is 19.9 Å². The first-order chi connectivity index (χ1) is 6.27. The number of rotatable bonds is 9. The molecule has 0 unspecified atom stereocenters. The lowest BCUT2D eigenvalue weighted by Gasteiger charge is -2.07. The molecule has 0 fully saturated rings. The van der Waals surface area contributed by atoms with Crippen LogP contribution in [0.25, 0.3) is 0 Å². The van der Waals surface area contributed by atoms with E-state index in [-0.39, 0.29) is 6.04 Å². The van der Waals surface area contributed by atoms with Crippen molar-refractivity contribution in [1.29, 1.82) is 0 Å². The van der Waals surface area contributed by atoms with Gasteiger partial charge in [0.1, 0.15) is 0 Å². The predicted molar refractivity (Wildman–Crippen MR) is 51.8 cm³/mol. The Balaban J connectivity index is 2.84. The Morgan fingerprint density at radius 3 is 2.38 bits per heavy atom. The van der Waals surface area contributed by atoms with Crippen molar-refractivity contribution >= 4 is 0 Å².